The number of rotatable bonds is 1. The zero-order valence-corrected chi connectivity index (χ0v) is 10.3. The number of aliphatic hydroxyl groups excluding tert-OH is 1. The van der Waals surface area contributed by atoms with E-state index in [0.717, 1.165) is 25.7 Å². The Labute approximate surface area is 97.7 Å². The van der Waals surface area contributed by atoms with Crippen molar-refractivity contribution in [2.75, 3.05) is 0 Å². The molecule has 90 valence electrons. The van der Waals surface area contributed by atoms with Crippen LogP contribution in [0.5, 0.6) is 0 Å². The number of ketones is 1. The van der Waals surface area contributed by atoms with Gasteiger partial charge in [-0.15, -0.1) is 0 Å². The molecule has 0 radical (unpaired) electrons. The number of carbonyl (C=O) groups excluding carboxylic acids is 1. The minimum Gasteiger partial charge on any atom is -0.393 e. The van der Waals surface area contributed by atoms with Gasteiger partial charge in [-0.1, -0.05) is 19.1 Å². The van der Waals surface area contributed by atoms with Gasteiger partial charge >= 0.3 is 0 Å². The third kappa shape index (κ3) is 1.73. The average Bonchev–Trinajstić information content (AvgIpc) is 2.60. The second-order valence-electron chi connectivity index (χ2n) is 5.86. The van der Waals surface area contributed by atoms with Crippen LogP contribution in [0, 0.1) is 17.3 Å². The van der Waals surface area contributed by atoms with Crippen molar-refractivity contribution in [3.63, 3.8) is 0 Å². The molecule has 0 amide bonds. The third-order valence-electron chi connectivity index (χ3n) is 4.79. The van der Waals surface area contributed by atoms with E-state index in [4.69, 9.17) is 0 Å². The minimum atomic E-state index is -0.406. The van der Waals surface area contributed by atoms with E-state index in [-0.39, 0.29) is 5.41 Å². The van der Waals surface area contributed by atoms with E-state index in [1.807, 2.05) is 0 Å². The molecule has 0 unspecified atom stereocenters. The van der Waals surface area contributed by atoms with Crippen LogP contribution in [-0.4, -0.2) is 17.0 Å². The predicted octanol–water partition coefficient (Wildman–Crippen LogP) is 2.71. The molecule has 0 aromatic heterocycles. The highest BCUT2D eigenvalue weighted by atomic mass is 16.3. The van der Waals surface area contributed by atoms with Crippen molar-refractivity contribution >= 4 is 5.78 Å². The number of allylic oxidation sites excluding steroid dienone is 1. The van der Waals surface area contributed by atoms with Crippen LogP contribution in [0.1, 0.15) is 46.0 Å². The van der Waals surface area contributed by atoms with Crippen LogP contribution < -0.4 is 0 Å². The summed E-state index contributed by atoms with van der Waals surface area (Å²) in [5.41, 5.74) is 1.08. The second kappa shape index (κ2) is 3.99. The molecule has 16 heavy (non-hydrogen) atoms. The van der Waals surface area contributed by atoms with E-state index >= 15 is 0 Å². The lowest BCUT2D eigenvalue weighted by molar-refractivity contribution is -0.139. The van der Waals surface area contributed by atoms with Crippen molar-refractivity contribution in [2.24, 2.45) is 17.3 Å². The van der Waals surface area contributed by atoms with Crippen LogP contribution in [0.4, 0.5) is 0 Å². The summed E-state index contributed by atoms with van der Waals surface area (Å²) in [7, 11) is 0. The molecule has 2 nitrogen and oxygen atoms in total. The molecule has 2 rings (SSSR count). The van der Waals surface area contributed by atoms with Gasteiger partial charge < -0.3 is 5.11 Å². The van der Waals surface area contributed by atoms with Crippen LogP contribution >= 0.6 is 0 Å². The first-order valence-corrected chi connectivity index (χ1v) is 6.32. The van der Waals surface area contributed by atoms with Crippen molar-refractivity contribution in [2.45, 2.75) is 52.1 Å². The van der Waals surface area contributed by atoms with Gasteiger partial charge in [-0.05, 0) is 44.4 Å². The first-order valence-electron chi connectivity index (χ1n) is 6.32. The molecule has 0 bridgehead atoms. The molecule has 2 heteroatoms. The van der Waals surface area contributed by atoms with E-state index in [9.17, 15) is 9.90 Å². The van der Waals surface area contributed by atoms with E-state index in [1.165, 1.54) is 5.57 Å². The van der Waals surface area contributed by atoms with Gasteiger partial charge in [0.15, 0.2) is 0 Å². The monoisotopic (exact) mass is 222 g/mol. The molecule has 2 aliphatic carbocycles. The van der Waals surface area contributed by atoms with Crippen molar-refractivity contribution < 1.29 is 9.90 Å². The molecule has 0 aromatic rings. The molecule has 0 heterocycles. The Morgan fingerprint density at radius 1 is 1.56 bits per heavy atom. The van der Waals surface area contributed by atoms with Crippen LogP contribution in [-0.2, 0) is 4.79 Å². The smallest absolute Gasteiger partial charge is 0.141 e. The van der Waals surface area contributed by atoms with Gasteiger partial charge in [0.2, 0.25) is 0 Å². The summed E-state index contributed by atoms with van der Waals surface area (Å²) in [6, 6.07) is 0. The molecule has 4 atom stereocenters. The zero-order chi connectivity index (χ0) is 11.9. The van der Waals surface area contributed by atoms with Crippen molar-refractivity contribution in [3.05, 3.63) is 12.2 Å². The lowest BCUT2D eigenvalue weighted by atomic mass is 9.64. The lowest BCUT2D eigenvalue weighted by Crippen LogP contribution is -2.43. The maximum absolute atomic E-state index is 12.2. The number of aliphatic hydroxyl groups is 1. The first-order chi connectivity index (χ1) is 7.45. The lowest BCUT2D eigenvalue weighted by Gasteiger charge is -2.40. The Kier molecular flexibility index (Phi) is 2.95. The molecule has 2 aliphatic rings. The Hall–Kier alpha value is -0.630. The number of Topliss-reactive ketones (excluding diaryl/α,β-unsaturated/α-hetero) is 1. The number of hydrogen-bond acceptors (Lipinski definition) is 2. The van der Waals surface area contributed by atoms with Crippen molar-refractivity contribution in [1.82, 2.24) is 0 Å². The standard InChI is InChI=1S/C14H22O2/c1-9(2)11-4-5-14(8-11)10(3)6-12(15)7-13(14)16/h10-12,15H,1,4-8H2,2-3H3/t10-,11-,12+,14+/m1/s1. The summed E-state index contributed by atoms with van der Waals surface area (Å²) in [5.74, 6) is 1.14. The Morgan fingerprint density at radius 2 is 2.25 bits per heavy atom. The van der Waals surface area contributed by atoms with Crippen LogP contribution in [0.2, 0.25) is 0 Å². The van der Waals surface area contributed by atoms with Crippen molar-refractivity contribution in [1.29, 1.82) is 0 Å². The molecule has 2 saturated carbocycles. The Morgan fingerprint density at radius 3 is 2.75 bits per heavy atom. The molecular weight excluding hydrogens is 200 g/mol. The van der Waals surface area contributed by atoms with E-state index in [0.29, 0.717) is 24.0 Å². The van der Waals surface area contributed by atoms with Crippen LogP contribution in [0.25, 0.3) is 0 Å². The summed E-state index contributed by atoms with van der Waals surface area (Å²) >= 11 is 0. The summed E-state index contributed by atoms with van der Waals surface area (Å²) in [6.07, 6.45) is 3.81. The summed E-state index contributed by atoms with van der Waals surface area (Å²) in [5, 5.41) is 9.63. The normalized spacial score (nSPS) is 43.9. The number of hydrogen-bond donors (Lipinski definition) is 1. The zero-order valence-electron chi connectivity index (χ0n) is 10.3. The van der Waals surface area contributed by atoms with Gasteiger partial charge in [0, 0.05) is 11.8 Å². The highest BCUT2D eigenvalue weighted by molar-refractivity contribution is 5.86. The molecule has 2 fully saturated rings. The first kappa shape index (κ1) is 11.8. The molecule has 0 aromatic carbocycles. The molecule has 1 N–H and O–H groups in total. The largest absolute Gasteiger partial charge is 0.393 e. The molecule has 1 spiro atoms. The fourth-order valence-corrected chi connectivity index (χ4v) is 3.61. The highest BCUT2D eigenvalue weighted by Crippen LogP contribution is 2.53. The average molecular weight is 222 g/mol. The van der Waals surface area contributed by atoms with Gasteiger partial charge in [-0.25, -0.2) is 0 Å². The quantitative estimate of drug-likeness (QED) is 0.693. The van der Waals surface area contributed by atoms with Gasteiger partial charge in [0.1, 0.15) is 5.78 Å². The van der Waals surface area contributed by atoms with E-state index in [1.54, 1.807) is 0 Å². The van der Waals surface area contributed by atoms with Gasteiger partial charge in [0.05, 0.1) is 6.10 Å². The third-order valence-corrected chi connectivity index (χ3v) is 4.79. The maximum Gasteiger partial charge on any atom is 0.141 e. The molecule has 0 aliphatic heterocycles. The van der Waals surface area contributed by atoms with Gasteiger partial charge in [-0.2, -0.15) is 0 Å². The summed E-state index contributed by atoms with van der Waals surface area (Å²) in [4.78, 5) is 12.2. The van der Waals surface area contributed by atoms with Crippen LogP contribution in [0.3, 0.4) is 0 Å². The molecular formula is C14H22O2. The predicted molar refractivity (Wildman–Crippen MR) is 64.0 cm³/mol. The Balaban J connectivity index is 2.19. The van der Waals surface area contributed by atoms with Gasteiger partial charge in [0.25, 0.3) is 0 Å². The highest BCUT2D eigenvalue weighted by Gasteiger charge is 2.51. The number of carbonyl (C=O) groups is 1. The fourth-order valence-electron chi connectivity index (χ4n) is 3.61. The maximum atomic E-state index is 12.2. The van der Waals surface area contributed by atoms with E-state index in [2.05, 4.69) is 20.4 Å². The topological polar surface area (TPSA) is 37.3 Å². The summed E-state index contributed by atoms with van der Waals surface area (Å²) < 4.78 is 0. The van der Waals surface area contributed by atoms with E-state index < -0.39 is 6.10 Å². The Bertz CT molecular complexity index is 321. The SMILES string of the molecule is C=C(C)[C@@H]1CC[C@@]2(C1)C(=O)C[C@@H](O)C[C@H]2C. The van der Waals surface area contributed by atoms with Gasteiger partial charge in [-0.3, -0.25) is 4.79 Å². The van der Waals surface area contributed by atoms with Crippen LogP contribution in [0.15, 0.2) is 12.2 Å². The molecule has 0 saturated heterocycles. The second-order valence-corrected chi connectivity index (χ2v) is 5.86. The minimum absolute atomic E-state index is 0.136. The summed E-state index contributed by atoms with van der Waals surface area (Å²) in [6.45, 7) is 8.21. The van der Waals surface area contributed by atoms with Crippen molar-refractivity contribution in [3.8, 4) is 0 Å². The fraction of sp³-hybridized carbons (Fsp3) is 0.786.